The number of amides is 2. The van der Waals surface area contributed by atoms with Gasteiger partial charge in [0.05, 0.1) is 17.3 Å². The van der Waals surface area contributed by atoms with E-state index < -0.39 is 5.91 Å². The molecule has 0 atom stereocenters. The second kappa shape index (κ2) is 11.0. The first-order chi connectivity index (χ1) is 16.9. The number of carbonyl (C=O) groups excluding carboxylic acids is 2. The molecule has 1 fully saturated rings. The number of carbonyl (C=O) groups is 2. The van der Waals surface area contributed by atoms with Crippen molar-refractivity contribution in [3.63, 3.8) is 0 Å². The predicted octanol–water partition coefficient (Wildman–Crippen LogP) is 2.79. The summed E-state index contributed by atoms with van der Waals surface area (Å²) in [7, 11) is 0. The first-order valence-corrected chi connectivity index (χ1v) is 12.2. The molecule has 1 aliphatic rings. The molecule has 4 rings (SSSR count). The molecular weight excluding hydrogens is 466 g/mol. The summed E-state index contributed by atoms with van der Waals surface area (Å²) in [5.41, 5.74) is 9.53. The van der Waals surface area contributed by atoms with Gasteiger partial charge in [-0.05, 0) is 51.0 Å². The maximum atomic E-state index is 12.9. The van der Waals surface area contributed by atoms with Gasteiger partial charge in [-0.25, -0.2) is 15.4 Å². The minimum atomic E-state index is -0.447. The fourth-order valence-corrected chi connectivity index (χ4v) is 4.67. The number of ether oxygens (including phenoxy) is 1. The van der Waals surface area contributed by atoms with Gasteiger partial charge < -0.3 is 15.4 Å². The molecule has 11 heteroatoms. The highest BCUT2D eigenvalue weighted by Crippen LogP contribution is 2.31. The lowest BCUT2D eigenvalue weighted by Crippen LogP contribution is -2.37. The molecule has 1 aromatic carbocycles. The smallest absolute Gasteiger partial charge is 0.290 e. The molecule has 35 heavy (non-hydrogen) atoms. The summed E-state index contributed by atoms with van der Waals surface area (Å²) >= 11 is 1.44. The molecule has 0 radical (unpaired) electrons. The first kappa shape index (κ1) is 24.3. The van der Waals surface area contributed by atoms with Crippen LogP contribution >= 0.6 is 11.3 Å². The van der Waals surface area contributed by atoms with Gasteiger partial charge in [-0.3, -0.25) is 14.6 Å². The maximum absolute atomic E-state index is 12.9. The van der Waals surface area contributed by atoms with Crippen molar-refractivity contribution in [3.05, 3.63) is 70.2 Å². The van der Waals surface area contributed by atoms with Crippen LogP contribution in [-0.2, 0) is 0 Å². The molecular formula is C24H27N7O3S. The van der Waals surface area contributed by atoms with Crippen LogP contribution in [0.1, 0.15) is 64.2 Å². The number of nitrogens with two attached hydrogens (primary N) is 1. The lowest BCUT2D eigenvalue weighted by Gasteiger charge is -2.31. The quantitative estimate of drug-likeness (QED) is 0.293. The number of hydrogen-bond acceptors (Lipinski definition) is 8. The summed E-state index contributed by atoms with van der Waals surface area (Å²) in [6.45, 7) is 5.20. The Bertz CT molecular complexity index is 1190. The van der Waals surface area contributed by atoms with E-state index in [1.54, 1.807) is 17.5 Å². The maximum Gasteiger partial charge on any atom is 0.290 e. The first-order valence-electron chi connectivity index (χ1n) is 11.3. The number of likely N-dealkylation sites (tertiary alicyclic amines) is 1. The van der Waals surface area contributed by atoms with E-state index in [4.69, 9.17) is 10.5 Å². The monoisotopic (exact) mass is 493 g/mol. The highest BCUT2D eigenvalue weighted by molar-refractivity contribution is 7.09. The van der Waals surface area contributed by atoms with Crippen molar-refractivity contribution in [1.29, 1.82) is 0 Å². The van der Waals surface area contributed by atoms with Gasteiger partial charge in [0.15, 0.2) is 5.84 Å². The summed E-state index contributed by atoms with van der Waals surface area (Å²) < 4.78 is 5.65. The van der Waals surface area contributed by atoms with Gasteiger partial charge in [0.25, 0.3) is 11.8 Å². The minimum absolute atomic E-state index is 0.0114. The van der Waals surface area contributed by atoms with E-state index in [1.807, 2.05) is 30.9 Å². The Morgan fingerprint density at radius 1 is 1.17 bits per heavy atom. The van der Waals surface area contributed by atoms with E-state index in [9.17, 15) is 9.59 Å². The van der Waals surface area contributed by atoms with E-state index >= 15 is 0 Å². The molecule has 0 unspecified atom stereocenters. The lowest BCUT2D eigenvalue weighted by atomic mass is 9.97. The van der Waals surface area contributed by atoms with Crippen molar-refractivity contribution in [2.45, 2.75) is 38.7 Å². The third kappa shape index (κ3) is 6.18. The minimum Gasteiger partial charge on any atom is -0.491 e. The average Bonchev–Trinajstić information content (AvgIpc) is 3.38. The summed E-state index contributed by atoms with van der Waals surface area (Å²) in [4.78, 5) is 39.6. The molecule has 0 aliphatic carbocycles. The summed E-state index contributed by atoms with van der Waals surface area (Å²) in [5.74, 6) is 0.566. The van der Waals surface area contributed by atoms with Crippen molar-refractivity contribution in [2.75, 3.05) is 13.1 Å². The number of benzene rings is 1. The molecule has 10 nitrogen and oxygen atoms in total. The SMILES string of the molecule is CC(C)Oc1ccc(C(=O)N2CCC(c3nc(C(=O)N/N=C(/N)c4cnccn4)cs3)CC2)cc1. The van der Waals surface area contributed by atoms with Crippen LogP contribution in [0.2, 0.25) is 0 Å². The Balaban J connectivity index is 1.30. The van der Waals surface area contributed by atoms with Gasteiger partial charge in [-0.1, -0.05) is 0 Å². The number of nitrogens with zero attached hydrogens (tertiary/aromatic N) is 5. The second-order valence-corrected chi connectivity index (χ2v) is 9.25. The van der Waals surface area contributed by atoms with Crippen molar-refractivity contribution >= 4 is 29.0 Å². The number of hydrazone groups is 1. The molecule has 1 aliphatic heterocycles. The van der Waals surface area contributed by atoms with Crippen molar-refractivity contribution in [1.82, 2.24) is 25.3 Å². The van der Waals surface area contributed by atoms with Gasteiger partial charge in [-0.2, -0.15) is 5.10 Å². The molecule has 2 aromatic heterocycles. The normalized spacial score (nSPS) is 14.7. The number of amidine groups is 1. The molecule has 3 heterocycles. The van der Waals surface area contributed by atoms with Crippen LogP contribution < -0.4 is 15.9 Å². The van der Waals surface area contributed by atoms with Crippen molar-refractivity contribution in [2.24, 2.45) is 10.8 Å². The van der Waals surface area contributed by atoms with E-state index in [1.165, 1.54) is 29.9 Å². The predicted molar refractivity (Wildman–Crippen MR) is 132 cm³/mol. The van der Waals surface area contributed by atoms with Gasteiger partial charge >= 0.3 is 0 Å². The van der Waals surface area contributed by atoms with Gasteiger partial charge in [0.2, 0.25) is 0 Å². The van der Waals surface area contributed by atoms with E-state index in [0.29, 0.717) is 24.3 Å². The standard InChI is InChI=1S/C24H27N7O3S/c1-15(2)34-18-5-3-17(4-6-18)24(33)31-11-7-16(8-12-31)23-28-20(14-35-23)22(32)30-29-21(25)19-13-26-9-10-27-19/h3-6,9-10,13-16H,7-8,11-12H2,1-2H3,(H2,25,29)(H,30,32). The Morgan fingerprint density at radius 3 is 2.57 bits per heavy atom. The van der Waals surface area contributed by atoms with Crippen LogP contribution in [0, 0.1) is 0 Å². The number of aromatic nitrogens is 3. The number of thiazole rings is 1. The molecule has 0 saturated carbocycles. The summed E-state index contributed by atoms with van der Waals surface area (Å²) in [6.07, 6.45) is 6.12. The molecule has 182 valence electrons. The Hall–Kier alpha value is -3.86. The summed E-state index contributed by atoms with van der Waals surface area (Å²) in [5, 5.41) is 6.46. The van der Waals surface area contributed by atoms with Crippen molar-refractivity contribution in [3.8, 4) is 5.75 Å². The summed E-state index contributed by atoms with van der Waals surface area (Å²) in [6, 6.07) is 7.26. The van der Waals surface area contributed by atoms with Crippen LogP contribution in [-0.4, -0.2) is 56.7 Å². The van der Waals surface area contributed by atoms with E-state index in [0.717, 1.165) is 23.6 Å². The number of nitrogens with one attached hydrogen (secondary N) is 1. The van der Waals surface area contributed by atoms with Gasteiger partial charge in [-0.15, -0.1) is 11.3 Å². The fraction of sp³-hybridized carbons (Fsp3) is 0.333. The number of rotatable bonds is 7. The zero-order valence-corrected chi connectivity index (χ0v) is 20.4. The Morgan fingerprint density at radius 2 is 1.91 bits per heavy atom. The Labute approximate surface area is 207 Å². The number of hydrogen-bond donors (Lipinski definition) is 2. The molecule has 0 spiro atoms. The lowest BCUT2D eigenvalue weighted by molar-refractivity contribution is 0.0713. The molecule has 1 saturated heterocycles. The second-order valence-electron chi connectivity index (χ2n) is 8.36. The molecule has 3 aromatic rings. The molecule has 0 bridgehead atoms. The van der Waals surface area contributed by atoms with Crippen LogP contribution in [0.4, 0.5) is 0 Å². The Kier molecular flexibility index (Phi) is 7.66. The average molecular weight is 494 g/mol. The van der Waals surface area contributed by atoms with E-state index in [2.05, 4.69) is 25.5 Å². The highest BCUT2D eigenvalue weighted by atomic mass is 32.1. The number of piperidine rings is 1. The molecule has 3 N–H and O–H groups in total. The highest BCUT2D eigenvalue weighted by Gasteiger charge is 2.27. The van der Waals surface area contributed by atoms with Crippen LogP contribution in [0.3, 0.4) is 0 Å². The van der Waals surface area contributed by atoms with Crippen LogP contribution in [0.25, 0.3) is 0 Å². The zero-order chi connectivity index (χ0) is 24.8. The zero-order valence-electron chi connectivity index (χ0n) is 19.5. The van der Waals surface area contributed by atoms with Gasteiger partial charge in [0.1, 0.15) is 17.1 Å². The molecule has 2 amide bonds. The fourth-order valence-electron chi connectivity index (χ4n) is 3.70. The van der Waals surface area contributed by atoms with Crippen molar-refractivity contribution < 1.29 is 14.3 Å². The largest absolute Gasteiger partial charge is 0.491 e. The topological polar surface area (TPSA) is 136 Å². The van der Waals surface area contributed by atoms with E-state index in [-0.39, 0.29) is 29.5 Å². The van der Waals surface area contributed by atoms with Crippen LogP contribution in [0.5, 0.6) is 5.75 Å². The van der Waals surface area contributed by atoms with Crippen LogP contribution in [0.15, 0.2) is 53.3 Å². The third-order valence-corrected chi connectivity index (χ3v) is 6.47. The van der Waals surface area contributed by atoms with Gasteiger partial charge in [0, 0.05) is 42.3 Å². The third-order valence-electron chi connectivity index (χ3n) is 5.46.